The highest BCUT2D eigenvalue weighted by Crippen LogP contribution is 2.32. The highest BCUT2D eigenvalue weighted by Gasteiger charge is 2.20. The molecule has 1 atom stereocenters. The van der Waals surface area contributed by atoms with Crippen LogP contribution in [0.5, 0.6) is 0 Å². The van der Waals surface area contributed by atoms with E-state index in [1.54, 1.807) is 11.3 Å². The van der Waals surface area contributed by atoms with E-state index >= 15 is 0 Å². The van der Waals surface area contributed by atoms with Crippen LogP contribution in [0.2, 0.25) is 0 Å². The quantitative estimate of drug-likeness (QED) is 0.846. The normalized spacial score (nSPS) is 18.4. The van der Waals surface area contributed by atoms with Gasteiger partial charge in [-0.3, -0.25) is 0 Å². The number of aromatic nitrogens is 1. The van der Waals surface area contributed by atoms with E-state index in [1.807, 2.05) is 12.3 Å². The summed E-state index contributed by atoms with van der Waals surface area (Å²) in [6, 6.07) is 6.58. The van der Waals surface area contributed by atoms with E-state index in [9.17, 15) is 0 Å². The maximum absolute atomic E-state index is 4.36. The molecule has 82 valence electrons. The number of nitrogens with one attached hydrogen (secondary N) is 2. The summed E-state index contributed by atoms with van der Waals surface area (Å²) >= 11 is 5.18. The molecule has 2 N–H and O–H groups in total. The number of hydrogen-bond acceptors (Lipinski definition) is 4. The van der Waals surface area contributed by atoms with Crippen molar-refractivity contribution in [3.63, 3.8) is 0 Å². The lowest BCUT2D eigenvalue weighted by atomic mass is 10.2. The number of hydrogen-bond donors (Lipinski definition) is 2. The maximum Gasteiger partial charge on any atom is 0.150 e. The number of fused-ring (bicyclic) bond motifs is 1. The Morgan fingerprint density at radius 1 is 1.50 bits per heavy atom. The predicted molar refractivity (Wildman–Crippen MR) is 71.1 cm³/mol. The molecule has 5 heteroatoms. The lowest BCUT2D eigenvalue weighted by Crippen LogP contribution is -2.25. The van der Waals surface area contributed by atoms with Crippen LogP contribution >= 0.6 is 27.3 Å². The van der Waals surface area contributed by atoms with Gasteiger partial charge < -0.3 is 10.6 Å². The van der Waals surface area contributed by atoms with E-state index in [2.05, 4.69) is 49.1 Å². The number of rotatable bonds is 1. The molecular formula is C11H10BrN3S. The summed E-state index contributed by atoms with van der Waals surface area (Å²) in [4.78, 5) is 5.70. The van der Waals surface area contributed by atoms with Gasteiger partial charge in [-0.05, 0) is 33.4 Å². The number of halogens is 1. The van der Waals surface area contributed by atoms with Crippen LogP contribution in [0.3, 0.4) is 0 Å². The number of nitrogens with zero attached hydrogens (tertiary/aromatic N) is 1. The van der Waals surface area contributed by atoms with Gasteiger partial charge in [-0.15, -0.1) is 11.3 Å². The Balaban J connectivity index is 1.89. The second-order valence-corrected chi connectivity index (χ2v) is 5.54. The Morgan fingerprint density at radius 3 is 3.25 bits per heavy atom. The van der Waals surface area contributed by atoms with Crippen LogP contribution in [0.1, 0.15) is 10.9 Å². The first-order chi connectivity index (χ1) is 7.83. The largest absolute Gasteiger partial charge is 0.380 e. The molecule has 16 heavy (non-hydrogen) atoms. The molecule has 0 spiro atoms. The monoisotopic (exact) mass is 295 g/mol. The molecule has 0 saturated carbocycles. The predicted octanol–water partition coefficient (Wildman–Crippen LogP) is 3.48. The molecule has 3 heterocycles. The van der Waals surface area contributed by atoms with E-state index in [4.69, 9.17) is 0 Å². The third-order valence-corrected chi connectivity index (χ3v) is 3.97. The smallest absolute Gasteiger partial charge is 0.150 e. The molecule has 2 aromatic heterocycles. The summed E-state index contributed by atoms with van der Waals surface area (Å²) in [7, 11) is 0. The minimum atomic E-state index is 0.321. The summed E-state index contributed by atoms with van der Waals surface area (Å²) in [6.07, 6.45) is 1.81. The number of thiophene rings is 1. The fourth-order valence-corrected chi connectivity index (χ4v) is 2.89. The topological polar surface area (TPSA) is 37.0 Å². The highest BCUT2D eigenvalue weighted by atomic mass is 79.9. The van der Waals surface area contributed by atoms with Gasteiger partial charge in [-0.25, -0.2) is 4.98 Å². The van der Waals surface area contributed by atoms with Gasteiger partial charge >= 0.3 is 0 Å². The van der Waals surface area contributed by atoms with Gasteiger partial charge in [0.25, 0.3) is 0 Å². The lowest BCUT2D eigenvalue weighted by molar-refractivity contribution is 0.809. The summed E-state index contributed by atoms with van der Waals surface area (Å²) in [6.45, 7) is 0.894. The number of anilines is 2. The van der Waals surface area contributed by atoms with Crippen LogP contribution in [-0.2, 0) is 0 Å². The zero-order chi connectivity index (χ0) is 11.0. The average molecular weight is 296 g/mol. The van der Waals surface area contributed by atoms with Crippen molar-refractivity contribution in [3.05, 3.63) is 39.1 Å². The van der Waals surface area contributed by atoms with E-state index in [1.165, 1.54) is 4.88 Å². The van der Waals surface area contributed by atoms with Crippen LogP contribution in [0, 0.1) is 0 Å². The van der Waals surface area contributed by atoms with Crippen molar-refractivity contribution in [2.45, 2.75) is 6.04 Å². The Morgan fingerprint density at radius 2 is 2.44 bits per heavy atom. The minimum absolute atomic E-state index is 0.321. The molecule has 2 aromatic rings. The van der Waals surface area contributed by atoms with E-state index in [0.717, 1.165) is 22.5 Å². The Bertz CT molecular complexity index is 498. The third-order valence-electron chi connectivity index (χ3n) is 2.55. The molecule has 0 bridgehead atoms. The molecule has 3 rings (SSSR count). The van der Waals surface area contributed by atoms with Crippen LogP contribution in [0.4, 0.5) is 11.5 Å². The lowest BCUT2D eigenvalue weighted by Gasteiger charge is -2.26. The third kappa shape index (κ3) is 1.81. The van der Waals surface area contributed by atoms with Crippen molar-refractivity contribution < 1.29 is 0 Å². The van der Waals surface area contributed by atoms with Gasteiger partial charge in [0.1, 0.15) is 5.82 Å². The van der Waals surface area contributed by atoms with E-state index in [-0.39, 0.29) is 0 Å². The zero-order valence-corrected chi connectivity index (χ0v) is 10.8. The molecule has 0 aromatic carbocycles. The summed E-state index contributed by atoms with van der Waals surface area (Å²) < 4.78 is 0.995. The first-order valence-corrected chi connectivity index (χ1v) is 6.69. The SMILES string of the molecule is Brc1cnc2c(c1)NCC(c1cccs1)N2. The van der Waals surface area contributed by atoms with Gasteiger partial charge in [0, 0.05) is 22.1 Å². The van der Waals surface area contributed by atoms with Crippen molar-refractivity contribution in [2.24, 2.45) is 0 Å². The minimum Gasteiger partial charge on any atom is -0.380 e. The molecule has 3 nitrogen and oxygen atoms in total. The zero-order valence-electron chi connectivity index (χ0n) is 8.40. The standard InChI is InChI=1S/C11H10BrN3S/c12-7-4-8-11(14-5-7)15-9(6-13-8)10-2-1-3-16-10/h1-5,9,13H,6H2,(H,14,15). The Kier molecular flexibility index (Phi) is 2.57. The number of pyridine rings is 1. The van der Waals surface area contributed by atoms with Crippen molar-refractivity contribution in [1.82, 2.24) is 4.98 Å². The van der Waals surface area contributed by atoms with Gasteiger partial charge in [-0.2, -0.15) is 0 Å². The van der Waals surface area contributed by atoms with Gasteiger partial charge in [-0.1, -0.05) is 6.07 Å². The summed E-state index contributed by atoms with van der Waals surface area (Å²) in [5.41, 5.74) is 1.06. The van der Waals surface area contributed by atoms with Gasteiger partial charge in [0.2, 0.25) is 0 Å². The molecule has 1 unspecified atom stereocenters. The van der Waals surface area contributed by atoms with Crippen molar-refractivity contribution in [2.75, 3.05) is 17.2 Å². The van der Waals surface area contributed by atoms with E-state index < -0.39 is 0 Å². The summed E-state index contributed by atoms with van der Waals surface area (Å²) in [5, 5.41) is 8.93. The maximum atomic E-state index is 4.36. The first-order valence-electron chi connectivity index (χ1n) is 5.02. The second kappa shape index (κ2) is 4.07. The molecular weight excluding hydrogens is 286 g/mol. The van der Waals surface area contributed by atoms with Crippen molar-refractivity contribution >= 4 is 38.8 Å². The molecule has 0 saturated heterocycles. The average Bonchev–Trinajstić information content (AvgIpc) is 2.82. The molecule has 1 aliphatic heterocycles. The van der Waals surface area contributed by atoms with Crippen molar-refractivity contribution in [1.29, 1.82) is 0 Å². The highest BCUT2D eigenvalue weighted by molar-refractivity contribution is 9.10. The fraction of sp³-hybridized carbons (Fsp3) is 0.182. The Labute approximate surface area is 106 Å². The molecule has 0 fully saturated rings. The molecule has 0 amide bonds. The van der Waals surface area contributed by atoms with Crippen LogP contribution < -0.4 is 10.6 Å². The van der Waals surface area contributed by atoms with Crippen LogP contribution in [0.25, 0.3) is 0 Å². The van der Waals surface area contributed by atoms with Crippen molar-refractivity contribution in [3.8, 4) is 0 Å². The summed E-state index contributed by atoms with van der Waals surface area (Å²) in [5.74, 6) is 0.924. The Hall–Kier alpha value is -1.07. The van der Waals surface area contributed by atoms with Crippen LogP contribution in [0.15, 0.2) is 34.2 Å². The second-order valence-electron chi connectivity index (χ2n) is 3.64. The molecule has 0 aliphatic carbocycles. The molecule has 0 radical (unpaired) electrons. The van der Waals surface area contributed by atoms with Gasteiger partial charge in [0.05, 0.1) is 11.7 Å². The first kappa shape index (κ1) is 10.1. The van der Waals surface area contributed by atoms with E-state index in [0.29, 0.717) is 6.04 Å². The molecule has 1 aliphatic rings. The van der Waals surface area contributed by atoms with Crippen LogP contribution in [-0.4, -0.2) is 11.5 Å². The van der Waals surface area contributed by atoms with Gasteiger partial charge in [0.15, 0.2) is 0 Å². The fourth-order valence-electron chi connectivity index (χ4n) is 1.78.